The molecule has 0 unspecified atom stereocenters. The smallest absolute Gasteiger partial charge is 0.284 e. The zero-order valence-electron chi connectivity index (χ0n) is 9.63. The monoisotopic (exact) mass is 273 g/mol. The number of rotatable bonds is 1. The van der Waals surface area contributed by atoms with Crippen LogP contribution >= 0.6 is 11.6 Å². The van der Waals surface area contributed by atoms with Crippen LogP contribution in [0.25, 0.3) is 22.4 Å². The van der Waals surface area contributed by atoms with Gasteiger partial charge in [0.1, 0.15) is 11.3 Å². The number of fused-ring (bicyclic) bond motifs is 1. The van der Waals surface area contributed by atoms with Crippen molar-refractivity contribution >= 4 is 22.6 Å². The molecule has 0 aliphatic heterocycles. The van der Waals surface area contributed by atoms with Crippen molar-refractivity contribution in [2.45, 2.75) is 0 Å². The molecule has 5 heteroatoms. The van der Waals surface area contributed by atoms with Crippen LogP contribution in [-0.4, -0.2) is 10.1 Å². The molecule has 0 radical (unpaired) electrons. The van der Waals surface area contributed by atoms with E-state index in [2.05, 4.69) is 4.98 Å². The van der Waals surface area contributed by atoms with E-state index in [1.807, 2.05) is 0 Å². The van der Waals surface area contributed by atoms with Gasteiger partial charge in [0.25, 0.3) is 5.56 Å². The lowest BCUT2D eigenvalue weighted by atomic mass is 10.2. The third-order valence-corrected chi connectivity index (χ3v) is 2.95. The van der Waals surface area contributed by atoms with Crippen molar-refractivity contribution in [3.8, 4) is 17.2 Å². The second kappa shape index (κ2) is 4.40. The van der Waals surface area contributed by atoms with Crippen LogP contribution in [0.3, 0.4) is 0 Å². The van der Waals surface area contributed by atoms with Crippen molar-refractivity contribution in [3.05, 3.63) is 57.8 Å². The van der Waals surface area contributed by atoms with Crippen molar-refractivity contribution in [1.29, 1.82) is 0 Å². The van der Waals surface area contributed by atoms with Crippen LogP contribution in [0.4, 0.5) is 0 Å². The molecule has 0 spiro atoms. The maximum absolute atomic E-state index is 11.9. The van der Waals surface area contributed by atoms with Gasteiger partial charge in [-0.1, -0.05) is 23.7 Å². The first-order chi connectivity index (χ1) is 9.15. The minimum Gasteiger partial charge on any atom is -0.507 e. The van der Waals surface area contributed by atoms with Crippen LogP contribution in [0.1, 0.15) is 0 Å². The first-order valence-corrected chi connectivity index (χ1v) is 5.92. The van der Waals surface area contributed by atoms with Gasteiger partial charge >= 0.3 is 0 Å². The van der Waals surface area contributed by atoms with E-state index in [4.69, 9.17) is 16.0 Å². The van der Waals surface area contributed by atoms with Gasteiger partial charge in [0.2, 0.25) is 5.89 Å². The summed E-state index contributed by atoms with van der Waals surface area (Å²) in [4.78, 5) is 15.7. The molecule has 4 nitrogen and oxygen atoms in total. The number of phenolic OH excluding ortho intramolecular Hbond substituents is 1. The van der Waals surface area contributed by atoms with Crippen molar-refractivity contribution < 1.29 is 9.52 Å². The van der Waals surface area contributed by atoms with E-state index in [0.717, 1.165) is 0 Å². The summed E-state index contributed by atoms with van der Waals surface area (Å²) >= 11 is 5.87. The Labute approximate surface area is 112 Å². The molecular weight excluding hydrogens is 266 g/mol. The standard InChI is InChI=1S/C14H8ClNO3/c15-8-5-6-11(17)10(7-8)14-16-13(18)9-3-1-2-4-12(9)19-14/h1-7,17H. The van der Waals surface area contributed by atoms with Gasteiger partial charge in [0, 0.05) is 5.02 Å². The molecule has 2 aromatic carbocycles. The summed E-state index contributed by atoms with van der Waals surface area (Å²) in [6.07, 6.45) is 0. The summed E-state index contributed by atoms with van der Waals surface area (Å²) in [6, 6.07) is 11.3. The van der Waals surface area contributed by atoms with Crippen LogP contribution < -0.4 is 5.56 Å². The van der Waals surface area contributed by atoms with Crippen LogP contribution in [0, 0.1) is 0 Å². The van der Waals surface area contributed by atoms with Crippen LogP contribution in [0.2, 0.25) is 5.02 Å². The Bertz CT molecular complexity index is 826. The maximum Gasteiger partial charge on any atom is 0.284 e. The highest BCUT2D eigenvalue weighted by Crippen LogP contribution is 2.30. The molecular formula is C14H8ClNO3. The molecule has 0 bridgehead atoms. The molecule has 3 rings (SSSR count). The van der Waals surface area contributed by atoms with Crippen LogP contribution in [0.15, 0.2) is 51.7 Å². The van der Waals surface area contributed by atoms with Gasteiger partial charge in [0.05, 0.1) is 10.9 Å². The summed E-state index contributed by atoms with van der Waals surface area (Å²) in [5.74, 6) is -0.000897. The molecule has 0 amide bonds. The second-order valence-corrected chi connectivity index (χ2v) is 4.42. The van der Waals surface area contributed by atoms with Gasteiger partial charge in [-0.2, -0.15) is 4.98 Å². The Morgan fingerprint density at radius 2 is 1.95 bits per heavy atom. The largest absolute Gasteiger partial charge is 0.507 e. The number of halogens is 1. The maximum atomic E-state index is 11.9. The Morgan fingerprint density at radius 1 is 1.16 bits per heavy atom. The minimum absolute atomic E-state index is 0.0451. The highest BCUT2D eigenvalue weighted by molar-refractivity contribution is 6.30. The predicted octanol–water partition coefficient (Wildman–Crippen LogP) is 3.21. The second-order valence-electron chi connectivity index (χ2n) is 3.98. The quantitative estimate of drug-likeness (QED) is 0.739. The zero-order valence-corrected chi connectivity index (χ0v) is 10.4. The fourth-order valence-electron chi connectivity index (χ4n) is 1.81. The van der Waals surface area contributed by atoms with Crippen LogP contribution in [0.5, 0.6) is 5.75 Å². The lowest BCUT2D eigenvalue weighted by Crippen LogP contribution is -2.07. The Balaban J connectivity index is 2.31. The van der Waals surface area contributed by atoms with Crippen molar-refractivity contribution in [1.82, 2.24) is 4.98 Å². The Hall–Kier alpha value is -2.33. The minimum atomic E-state index is -0.406. The SMILES string of the molecule is O=c1nc(-c2cc(Cl)ccc2O)oc2ccccc12. The third kappa shape index (κ3) is 2.06. The van der Waals surface area contributed by atoms with E-state index in [1.165, 1.54) is 12.1 Å². The number of nitrogens with zero attached hydrogens (tertiary/aromatic N) is 1. The van der Waals surface area contributed by atoms with E-state index < -0.39 is 5.56 Å². The van der Waals surface area contributed by atoms with Gasteiger partial charge in [-0.15, -0.1) is 0 Å². The van der Waals surface area contributed by atoms with Crippen LogP contribution in [-0.2, 0) is 0 Å². The highest BCUT2D eigenvalue weighted by Gasteiger charge is 2.12. The summed E-state index contributed by atoms with van der Waals surface area (Å²) in [5.41, 5.74) is 0.295. The van der Waals surface area contributed by atoms with E-state index in [1.54, 1.807) is 30.3 Å². The van der Waals surface area contributed by atoms with E-state index >= 15 is 0 Å². The molecule has 94 valence electrons. The summed E-state index contributed by atoms with van der Waals surface area (Å²) < 4.78 is 5.53. The molecule has 1 aromatic heterocycles. The first kappa shape index (κ1) is 11.7. The Kier molecular flexibility index (Phi) is 2.72. The average Bonchev–Trinajstić information content (AvgIpc) is 2.41. The Morgan fingerprint density at radius 3 is 2.79 bits per heavy atom. The molecule has 3 aromatic rings. The molecule has 0 atom stereocenters. The number of aromatic nitrogens is 1. The summed E-state index contributed by atoms with van der Waals surface area (Å²) in [5, 5.41) is 10.6. The number of para-hydroxylation sites is 1. The van der Waals surface area contributed by atoms with E-state index in [-0.39, 0.29) is 17.2 Å². The molecule has 0 aliphatic rings. The van der Waals surface area contributed by atoms with Gasteiger partial charge in [-0.05, 0) is 30.3 Å². The molecule has 0 saturated heterocycles. The van der Waals surface area contributed by atoms with E-state index in [9.17, 15) is 9.90 Å². The molecule has 0 saturated carbocycles. The summed E-state index contributed by atoms with van der Waals surface area (Å²) in [6.45, 7) is 0. The number of hydrogen-bond acceptors (Lipinski definition) is 4. The first-order valence-electron chi connectivity index (χ1n) is 5.54. The highest BCUT2D eigenvalue weighted by atomic mass is 35.5. The fourth-order valence-corrected chi connectivity index (χ4v) is 1.98. The molecule has 0 aliphatic carbocycles. The third-order valence-electron chi connectivity index (χ3n) is 2.72. The predicted molar refractivity (Wildman–Crippen MR) is 72.4 cm³/mol. The number of aromatic hydroxyl groups is 1. The van der Waals surface area contributed by atoms with Gasteiger partial charge in [-0.3, -0.25) is 4.79 Å². The molecule has 1 heterocycles. The summed E-state index contributed by atoms with van der Waals surface area (Å²) in [7, 11) is 0. The lowest BCUT2D eigenvalue weighted by molar-refractivity contribution is 0.473. The van der Waals surface area contributed by atoms with Gasteiger partial charge in [-0.25, -0.2) is 0 Å². The number of hydrogen-bond donors (Lipinski definition) is 1. The normalized spacial score (nSPS) is 10.8. The van der Waals surface area contributed by atoms with Gasteiger partial charge < -0.3 is 9.52 Å². The fraction of sp³-hybridized carbons (Fsp3) is 0. The molecule has 0 fully saturated rings. The van der Waals surface area contributed by atoms with Gasteiger partial charge in [0.15, 0.2) is 0 Å². The zero-order chi connectivity index (χ0) is 13.4. The van der Waals surface area contributed by atoms with Crippen molar-refractivity contribution in [2.75, 3.05) is 0 Å². The van der Waals surface area contributed by atoms with Crippen molar-refractivity contribution in [2.24, 2.45) is 0 Å². The number of benzene rings is 2. The van der Waals surface area contributed by atoms with Crippen molar-refractivity contribution in [3.63, 3.8) is 0 Å². The van der Waals surface area contributed by atoms with E-state index in [0.29, 0.717) is 16.0 Å². The molecule has 1 N–H and O–H groups in total. The topological polar surface area (TPSA) is 63.3 Å². The lowest BCUT2D eigenvalue weighted by Gasteiger charge is -2.04. The molecule has 19 heavy (non-hydrogen) atoms. The number of phenols is 1. The average molecular weight is 274 g/mol.